The third-order valence-corrected chi connectivity index (χ3v) is 4.59. The van der Waals surface area contributed by atoms with Gasteiger partial charge < -0.3 is 9.42 Å². The molecular weight excluding hydrogens is 320 g/mol. The van der Waals surface area contributed by atoms with E-state index < -0.39 is 0 Å². The van der Waals surface area contributed by atoms with Gasteiger partial charge in [0.15, 0.2) is 0 Å². The number of imidazole rings is 1. The van der Waals surface area contributed by atoms with E-state index in [2.05, 4.69) is 20.1 Å². The van der Waals surface area contributed by atoms with Crippen LogP contribution >= 0.6 is 0 Å². The molecule has 4 rings (SSSR count). The van der Waals surface area contributed by atoms with Crippen LogP contribution in [0.1, 0.15) is 26.2 Å². The van der Waals surface area contributed by atoms with Crippen LogP contribution in [0.25, 0.3) is 17.3 Å². The van der Waals surface area contributed by atoms with E-state index in [1.807, 2.05) is 40.8 Å². The van der Waals surface area contributed by atoms with Crippen molar-refractivity contribution >= 4 is 5.91 Å². The molecule has 128 valence electrons. The highest BCUT2D eigenvalue weighted by molar-refractivity contribution is 5.73. The Balaban J connectivity index is 1.62. The van der Waals surface area contributed by atoms with Gasteiger partial charge in [0.05, 0.1) is 5.41 Å². The molecule has 8 nitrogen and oxygen atoms in total. The van der Waals surface area contributed by atoms with Crippen LogP contribution in [0, 0.1) is 0 Å². The van der Waals surface area contributed by atoms with Crippen molar-refractivity contribution in [3.63, 3.8) is 0 Å². The summed E-state index contributed by atoms with van der Waals surface area (Å²) in [5.41, 5.74) is 0.310. The van der Waals surface area contributed by atoms with Crippen molar-refractivity contribution in [2.45, 2.75) is 25.7 Å². The summed E-state index contributed by atoms with van der Waals surface area (Å²) < 4.78 is 7.32. The largest absolute Gasteiger partial charge is 0.342 e. The summed E-state index contributed by atoms with van der Waals surface area (Å²) in [7, 11) is 0. The molecule has 1 unspecified atom stereocenters. The standard InChI is InChI=1S/C17H18N6O2/c1-12(24)22-8-6-17(2,10-22)16-20-15(21-25-16)13-4-3-5-14(19-13)23-9-7-18-11-23/h3-5,7,9,11H,6,8,10H2,1-2H3. The molecule has 0 spiro atoms. The lowest BCUT2D eigenvalue weighted by atomic mass is 9.90. The Bertz CT molecular complexity index is 904. The molecule has 1 aliphatic heterocycles. The van der Waals surface area contributed by atoms with E-state index in [0.717, 1.165) is 12.2 Å². The molecule has 0 aromatic carbocycles. The molecule has 25 heavy (non-hydrogen) atoms. The van der Waals surface area contributed by atoms with E-state index in [4.69, 9.17) is 4.52 Å². The molecule has 1 atom stereocenters. The summed E-state index contributed by atoms with van der Waals surface area (Å²) in [6.07, 6.45) is 6.01. The third kappa shape index (κ3) is 2.79. The van der Waals surface area contributed by atoms with E-state index in [-0.39, 0.29) is 11.3 Å². The monoisotopic (exact) mass is 338 g/mol. The number of nitrogens with zero attached hydrogens (tertiary/aromatic N) is 6. The van der Waals surface area contributed by atoms with Crippen LogP contribution in [0.3, 0.4) is 0 Å². The predicted molar refractivity (Wildman–Crippen MR) is 88.9 cm³/mol. The molecule has 1 saturated heterocycles. The number of hydrogen-bond donors (Lipinski definition) is 0. The van der Waals surface area contributed by atoms with Crippen LogP contribution in [-0.4, -0.2) is 48.6 Å². The van der Waals surface area contributed by atoms with E-state index in [9.17, 15) is 4.79 Å². The van der Waals surface area contributed by atoms with Crippen LogP contribution in [0.4, 0.5) is 0 Å². The number of pyridine rings is 1. The molecule has 4 heterocycles. The minimum absolute atomic E-state index is 0.0677. The van der Waals surface area contributed by atoms with Crippen LogP contribution in [0.15, 0.2) is 41.4 Å². The summed E-state index contributed by atoms with van der Waals surface area (Å²) in [4.78, 5) is 26.5. The Labute approximate surface area is 144 Å². The van der Waals surface area contributed by atoms with Gasteiger partial charge in [-0.15, -0.1) is 0 Å². The molecule has 3 aromatic heterocycles. The average molecular weight is 338 g/mol. The number of hydrogen-bond acceptors (Lipinski definition) is 6. The molecule has 0 N–H and O–H groups in total. The van der Waals surface area contributed by atoms with Crippen molar-refractivity contribution in [3.8, 4) is 17.3 Å². The fourth-order valence-electron chi connectivity index (χ4n) is 3.06. The molecule has 0 aliphatic carbocycles. The molecule has 0 bridgehead atoms. The van der Waals surface area contributed by atoms with Gasteiger partial charge in [-0.25, -0.2) is 9.97 Å². The second kappa shape index (κ2) is 5.80. The lowest BCUT2D eigenvalue weighted by Gasteiger charge is -2.19. The fourth-order valence-corrected chi connectivity index (χ4v) is 3.06. The molecular formula is C17H18N6O2. The first-order valence-electron chi connectivity index (χ1n) is 8.11. The van der Waals surface area contributed by atoms with Crippen molar-refractivity contribution in [1.29, 1.82) is 0 Å². The zero-order chi connectivity index (χ0) is 17.4. The lowest BCUT2D eigenvalue weighted by Crippen LogP contribution is -2.31. The topological polar surface area (TPSA) is 89.9 Å². The molecule has 1 fully saturated rings. The summed E-state index contributed by atoms with van der Waals surface area (Å²) in [6.45, 7) is 4.92. The SMILES string of the molecule is CC(=O)N1CCC(C)(c2nc(-c3cccc(-n4ccnc4)n3)no2)C1. The number of likely N-dealkylation sites (tertiary alicyclic amines) is 1. The van der Waals surface area contributed by atoms with E-state index in [1.54, 1.807) is 19.4 Å². The number of aromatic nitrogens is 5. The third-order valence-electron chi connectivity index (χ3n) is 4.59. The number of carbonyl (C=O) groups excluding carboxylic acids is 1. The maximum absolute atomic E-state index is 11.6. The van der Waals surface area contributed by atoms with Gasteiger partial charge in [-0.1, -0.05) is 11.2 Å². The highest BCUT2D eigenvalue weighted by Gasteiger charge is 2.41. The Kier molecular flexibility index (Phi) is 3.60. The number of amides is 1. The molecule has 0 radical (unpaired) electrons. The van der Waals surface area contributed by atoms with Gasteiger partial charge in [-0.3, -0.25) is 9.36 Å². The first-order chi connectivity index (χ1) is 12.0. The zero-order valence-electron chi connectivity index (χ0n) is 14.1. The quantitative estimate of drug-likeness (QED) is 0.724. The van der Waals surface area contributed by atoms with E-state index in [0.29, 0.717) is 30.5 Å². The van der Waals surface area contributed by atoms with Gasteiger partial charge in [0.25, 0.3) is 0 Å². The van der Waals surface area contributed by atoms with Crippen molar-refractivity contribution in [2.24, 2.45) is 0 Å². The molecule has 1 aliphatic rings. The lowest BCUT2D eigenvalue weighted by molar-refractivity contribution is -0.128. The average Bonchev–Trinajstić information content (AvgIpc) is 3.35. The maximum atomic E-state index is 11.6. The Hall–Kier alpha value is -3.03. The van der Waals surface area contributed by atoms with Gasteiger partial charge in [0.2, 0.25) is 17.6 Å². The van der Waals surface area contributed by atoms with Gasteiger partial charge in [0, 0.05) is 32.4 Å². The first kappa shape index (κ1) is 15.5. The normalized spacial score (nSPS) is 20.2. The molecule has 8 heteroatoms. The van der Waals surface area contributed by atoms with Gasteiger partial charge in [-0.2, -0.15) is 4.98 Å². The Morgan fingerprint density at radius 3 is 2.92 bits per heavy atom. The second-order valence-electron chi connectivity index (χ2n) is 6.53. The van der Waals surface area contributed by atoms with Crippen LogP contribution in [0.5, 0.6) is 0 Å². The highest BCUT2D eigenvalue weighted by Crippen LogP contribution is 2.34. The summed E-state index contributed by atoms with van der Waals surface area (Å²) in [5, 5.41) is 4.09. The van der Waals surface area contributed by atoms with Gasteiger partial charge in [0.1, 0.15) is 17.8 Å². The zero-order valence-corrected chi connectivity index (χ0v) is 14.1. The van der Waals surface area contributed by atoms with Crippen molar-refractivity contribution in [1.82, 2.24) is 29.6 Å². The van der Waals surface area contributed by atoms with Crippen molar-refractivity contribution in [2.75, 3.05) is 13.1 Å². The number of rotatable bonds is 3. The minimum atomic E-state index is -0.321. The van der Waals surface area contributed by atoms with E-state index in [1.165, 1.54) is 0 Å². The van der Waals surface area contributed by atoms with E-state index >= 15 is 0 Å². The van der Waals surface area contributed by atoms with Crippen LogP contribution in [-0.2, 0) is 10.2 Å². The van der Waals surface area contributed by atoms with Crippen molar-refractivity contribution in [3.05, 3.63) is 42.8 Å². The molecule has 1 amide bonds. The predicted octanol–water partition coefficient (Wildman–Crippen LogP) is 1.83. The summed E-state index contributed by atoms with van der Waals surface area (Å²) in [5.74, 6) is 1.79. The molecule has 3 aromatic rings. The van der Waals surface area contributed by atoms with Gasteiger partial charge in [-0.05, 0) is 25.5 Å². The van der Waals surface area contributed by atoms with Gasteiger partial charge >= 0.3 is 0 Å². The van der Waals surface area contributed by atoms with Crippen LogP contribution < -0.4 is 0 Å². The first-order valence-corrected chi connectivity index (χ1v) is 8.11. The second-order valence-corrected chi connectivity index (χ2v) is 6.53. The minimum Gasteiger partial charge on any atom is -0.342 e. The van der Waals surface area contributed by atoms with Crippen LogP contribution in [0.2, 0.25) is 0 Å². The Morgan fingerprint density at radius 1 is 1.32 bits per heavy atom. The smallest absolute Gasteiger partial charge is 0.234 e. The Morgan fingerprint density at radius 2 is 2.20 bits per heavy atom. The number of carbonyl (C=O) groups is 1. The molecule has 0 saturated carbocycles. The van der Waals surface area contributed by atoms with Crippen molar-refractivity contribution < 1.29 is 9.32 Å². The fraction of sp³-hybridized carbons (Fsp3) is 0.353. The maximum Gasteiger partial charge on any atom is 0.234 e. The summed E-state index contributed by atoms with van der Waals surface area (Å²) >= 11 is 0. The summed E-state index contributed by atoms with van der Waals surface area (Å²) in [6, 6.07) is 5.62. The highest BCUT2D eigenvalue weighted by atomic mass is 16.5.